The quantitative estimate of drug-likeness (QED) is 0.554. The summed E-state index contributed by atoms with van der Waals surface area (Å²) in [6, 6.07) is 16.2. The number of aromatic nitrogens is 4. The molecule has 28 heavy (non-hydrogen) atoms. The number of hydrogen-bond donors (Lipinski definition) is 1. The summed E-state index contributed by atoms with van der Waals surface area (Å²) in [7, 11) is 0. The summed E-state index contributed by atoms with van der Waals surface area (Å²) in [5.74, 6) is 1.89. The molecule has 0 atom stereocenters. The van der Waals surface area contributed by atoms with Crippen LogP contribution in [0.1, 0.15) is 28.3 Å². The third kappa shape index (κ3) is 4.23. The fraction of sp³-hybridized carbons (Fsp3) is 0.182. The molecule has 0 aliphatic rings. The van der Waals surface area contributed by atoms with Gasteiger partial charge in [-0.3, -0.25) is 0 Å². The molecular weight excluding hydrogens is 350 g/mol. The Morgan fingerprint density at radius 1 is 0.893 bits per heavy atom. The summed E-state index contributed by atoms with van der Waals surface area (Å²) in [5.41, 5.74) is 11.1. The molecule has 4 rings (SSSR count). The van der Waals surface area contributed by atoms with E-state index in [4.69, 9.17) is 10.3 Å². The van der Waals surface area contributed by atoms with Crippen molar-refractivity contribution in [2.45, 2.75) is 26.2 Å². The zero-order valence-corrected chi connectivity index (χ0v) is 15.7. The van der Waals surface area contributed by atoms with Crippen LogP contribution in [0.3, 0.4) is 0 Å². The Kier molecular flexibility index (Phi) is 5.10. The van der Waals surface area contributed by atoms with E-state index in [1.807, 2.05) is 37.4 Å². The Morgan fingerprint density at radius 3 is 2.50 bits per heavy atom. The molecule has 140 valence electrons. The van der Waals surface area contributed by atoms with E-state index in [2.05, 4.69) is 44.4 Å². The molecule has 4 aromatic rings. The number of anilines is 1. The van der Waals surface area contributed by atoms with Gasteiger partial charge in [0.2, 0.25) is 0 Å². The van der Waals surface area contributed by atoms with Crippen molar-refractivity contribution in [3.05, 3.63) is 89.3 Å². The summed E-state index contributed by atoms with van der Waals surface area (Å²) in [4.78, 5) is 12.7. The van der Waals surface area contributed by atoms with Crippen LogP contribution in [0.5, 0.6) is 0 Å². The number of nitrogens with zero attached hydrogens (tertiary/aromatic N) is 4. The summed E-state index contributed by atoms with van der Waals surface area (Å²) >= 11 is 0. The molecule has 6 heteroatoms. The van der Waals surface area contributed by atoms with E-state index in [-0.39, 0.29) is 0 Å². The monoisotopic (exact) mass is 371 g/mol. The lowest BCUT2D eigenvalue weighted by Crippen LogP contribution is -1.97. The van der Waals surface area contributed by atoms with Crippen LogP contribution >= 0.6 is 0 Å². The van der Waals surface area contributed by atoms with Crippen molar-refractivity contribution < 1.29 is 4.52 Å². The average molecular weight is 371 g/mol. The summed E-state index contributed by atoms with van der Waals surface area (Å²) in [6.45, 7) is 1.91. The van der Waals surface area contributed by atoms with Crippen molar-refractivity contribution in [1.29, 1.82) is 0 Å². The minimum absolute atomic E-state index is 0.438. The predicted octanol–water partition coefficient (Wildman–Crippen LogP) is 3.79. The van der Waals surface area contributed by atoms with Gasteiger partial charge in [-0.25, -0.2) is 15.0 Å². The maximum absolute atomic E-state index is 5.90. The Balaban J connectivity index is 1.39. The van der Waals surface area contributed by atoms with Crippen LogP contribution in [-0.2, 0) is 19.3 Å². The first kappa shape index (κ1) is 17.9. The van der Waals surface area contributed by atoms with E-state index in [9.17, 15) is 0 Å². The summed E-state index contributed by atoms with van der Waals surface area (Å²) in [6.07, 6.45) is 6.03. The second-order valence-corrected chi connectivity index (χ2v) is 6.71. The first-order valence-electron chi connectivity index (χ1n) is 9.20. The van der Waals surface area contributed by atoms with Crippen LogP contribution in [0, 0.1) is 6.92 Å². The molecule has 6 nitrogen and oxygen atoms in total. The van der Waals surface area contributed by atoms with Crippen LogP contribution in [-0.4, -0.2) is 20.1 Å². The largest absolute Gasteiger partial charge is 0.383 e. The molecule has 0 aliphatic heterocycles. The van der Waals surface area contributed by atoms with Gasteiger partial charge in [0.25, 0.3) is 0 Å². The molecule has 0 aliphatic carbocycles. The van der Waals surface area contributed by atoms with Gasteiger partial charge in [0.15, 0.2) is 5.76 Å². The van der Waals surface area contributed by atoms with Crippen molar-refractivity contribution >= 4 is 5.82 Å². The Bertz CT molecular complexity index is 1070. The standard InChI is InChI=1S/C22H21N5O/c1-15-24-12-10-18(26-15)9-8-16-4-6-17(7-5-16)13-19-14-21(28-27-19)20-3-2-11-25-22(20)23/h2-7,10-12,14H,8-9,13H2,1H3,(H2,23,25). The summed E-state index contributed by atoms with van der Waals surface area (Å²) < 4.78 is 5.44. The number of aryl methyl sites for hydroxylation is 3. The molecule has 0 radical (unpaired) electrons. The van der Waals surface area contributed by atoms with E-state index in [0.29, 0.717) is 18.0 Å². The van der Waals surface area contributed by atoms with Gasteiger partial charge >= 0.3 is 0 Å². The molecule has 0 amide bonds. The van der Waals surface area contributed by atoms with Crippen LogP contribution in [0.4, 0.5) is 5.82 Å². The Morgan fingerprint density at radius 2 is 1.71 bits per heavy atom. The lowest BCUT2D eigenvalue weighted by molar-refractivity contribution is 0.425. The summed E-state index contributed by atoms with van der Waals surface area (Å²) in [5, 5.41) is 4.16. The SMILES string of the molecule is Cc1nccc(CCc2ccc(Cc3cc(-c4cccnc4N)on3)cc2)n1. The van der Waals surface area contributed by atoms with E-state index in [0.717, 1.165) is 35.6 Å². The van der Waals surface area contributed by atoms with E-state index < -0.39 is 0 Å². The fourth-order valence-corrected chi connectivity index (χ4v) is 3.10. The normalized spacial score (nSPS) is 10.9. The molecule has 0 spiro atoms. The highest BCUT2D eigenvalue weighted by atomic mass is 16.5. The topological polar surface area (TPSA) is 90.7 Å². The van der Waals surface area contributed by atoms with Crippen molar-refractivity contribution in [3.63, 3.8) is 0 Å². The Labute approximate surface area is 163 Å². The smallest absolute Gasteiger partial charge is 0.170 e. The minimum Gasteiger partial charge on any atom is -0.383 e. The van der Waals surface area contributed by atoms with Crippen LogP contribution in [0.2, 0.25) is 0 Å². The number of hydrogen-bond acceptors (Lipinski definition) is 6. The zero-order chi connectivity index (χ0) is 19.3. The molecule has 0 unspecified atom stereocenters. The molecule has 0 saturated carbocycles. The predicted molar refractivity (Wildman–Crippen MR) is 108 cm³/mol. The van der Waals surface area contributed by atoms with Crippen LogP contribution < -0.4 is 5.73 Å². The van der Waals surface area contributed by atoms with E-state index in [1.165, 1.54) is 11.1 Å². The van der Waals surface area contributed by atoms with Gasteiger partial charge < -0.3 is 10.3 Å². The molecule has 3 heterocycles. The lowest BCUT2D eigenvalue weighted by atomic mass is 10.0. The Hall–Kier alpha value is -3.54. The highest BCUT2D eigenvalue weighted by Gasteiger charge is 2.10. The third-order valence-electron chi connectivity index (χ3n) is 4.57. The zero-order valence-electron chi connectivity index (χ0n) is 15.7. The van der Waals surface area contributed by atoms with Crippen LogP contribution in [0.15, 0.2) is 65.4 Å². The third-order valence-corrected chi connectivity index (χ3v) is 4.57. The van der Waals surface area contributed by atoms with E-state index >= 15 is 0 Å². The van der Waals surface area contributed by atoms with Crippen molar-refractivity contribution in [3.8, 4) is 11.3 Å². The van der Waals surface area contributed by atoms with Gasteiger partial charge in [-0.15, -0.1) is 0 Å². The van der Waals surface area contributed by atoms with Crippen molar-refractivity contribution in [2.75, 3.05) is 5.73 Å². The van der Waals surface area contributed by atoms with Gasteiger partial charge in [-0.1, -0.05) is 29.4 Å². The minimum atomic E-state index is 0.438. The molecule has 2 N–H and O–H groups in total. The number of nitrogen functional groups attached to an aromatic ring is 1. The van der Waals surface area contributed by atoms with Crippen molar-refractivity contribution in [2.24, 2.45) is 0 Å². The van der Waals surface area contributed by atoms with Crippen LogP contribution in [0.25, 0.3) is 11.3 Å². The molecule has 0 bridgehead atoms. The molecule has 1 aromatic carbocycles. The second-order valence-electron chi connectivity index (χ2n) is 6.71. The lowest BCUT2D eigenvalue weighted by Gasteiger charge is -2.04. The highest BCUT2D eigenvalue weighted by molar-refractivity contribution is 5.69. The maximum Gasteiger partial charge on any atom is 0.170 e. The molecule has 0 saturated heterocycles. The number of nitrogens with two attached hydrogens (primary N) is 1. The van der Waals surface area contributed by atoms with Gasteiger partial charge in [0.05, 0.1) is 11.3 Å². The molecule has 0 fully saturated rings. The van der Waals surface area contributed by atoms with Gasteiger partial charge in [-0.05, 0) is 49.1 Å². The fourth-order valence-electron chi connectivity index (χ4n) is 3.10. The molecule has 3 aromatic heterocycles. The van der Waals surface area contributed by atoms with Gasteiger partial charge in [0, 0.05) is 30.6 Å². The maximum atomic E-state index is 5.90. The highest BCUT2D eigenvalue weighted by Crippen LogP contribution is 2.25. The number of benzene rings is 1. The first-order valence-corrected chi connectivity index (χ1v) is 9.20. The van der Waals surface area contributed by atoms with Gasteiger partial charge in [-0.2, -0.15) is 0 Å². The number of rotatable bonds is 6. The first-order chi connectivity index (χ1) is 13.7. The average Bonchev–Trinajstić information content (AvgIpc) is 3.16. The van der Waals surface area contributed by atoms with E-state index in [1.54, 1.807) is 6.20 Å². The molecular formula is C22H21N5O. The number of pyridine rings is 1. The van der Waals surface area contributed by atoms with Crippen molar-refractivity contribution in [1.82, 2.24) is 20.1 Å². The second kappa shape index (κ2) is 8.00. The van der Waals surface area contributed by atoms with Gasteiger partial charge in [0.1, 0.15) is 11.6 Å².